The summed E-state index contributed by atoms with van der Waals surface area (Å²) in [6.07, 6.45) is 1.24. The lowest BCUT2D eigenvalue weighted by Crippen LogP contribution is -2.45. The SMILES string of the molecule is CC(=NCCCC[C@@H](N)C(=O)N(O)S(=O)(=O)c1cc(F)c(Oc2ccc(F)cc2)c(F)c1)C1=C(O)CC(C)(C)CC1=O. The van der Waals surface area contributed by atoms with E-state index >= 15 is 0 Å². The number of allylic oxidation sites excluding steroid dienone is 2. The van der Waals surface area contributed by atoms with E-state index in [1.807, 2.05) is 13.8 Å². The second-order valence-corrected chi connectivity index (χ2v) is 12.5. The van der Waals surface area contributed by atoms with Gasteiger partial charge in [0.1, 0.15) is 17.3 Å². The Labute approximate surface area is 241 Å². The Morgan fingerprint density at radius 2 is 1.71 bits per heavy atom. The van der Waals surface area contributed by atoms with Crippen LogP contribution in [0.1, 0.15) is 52.9 Å². The van der Waals surface area contributed by atoms with Crippen molar-refractivity contribution in [2.45, 2.75) is 63.8 Å². The third-order valence-electron chi connectivity index (χ3n) is 6.52. The lowest BCUT2D eigenvalue weighted by molar-refractivity contribution is -0.147. The molecule has 2 aromatic carbocycles. The summed E-state index contributed by atoms with van der Waals surface area (Å²) in [6.45, 7) is 5.60. The molecule has 1 aliphatic rings. The number of rotatable bonds is 11. The lowest BCUT2D eigenvalue weighted by atomic mass is 9.76. The van der Waals surface area contributed by atoms with Crippen LogP contribution >= 0.6 is 0 Å². The Kier molecular flexibility index (Phi) is 10.2. The minimum Gasteiger partial charge on any atom is -0.511 e. The Morgan fingerprint density at radius 3 is 2.29 bits per heavy atom. The summed E-state index contributed by atoms with van der Waals surface area (Å²) < 4.78 is 71.9. The predicted molar refractivity (Wildman–Crippen MR) is 146 cm³/mol. The second kappa shape index (κ2) is 13.0. The quantitative estimate of drug-likeness (QED) is 0.139. The molecule has 0 radical (unpaired) electrons. The first-order valence-corrected chi connectivity index (χ1v) is 14.4. The zero-order chi connectivity index (χ0) is 31.4. The van der Waals surface area contributed by atoms with E-state index in [-0.39, 0.29) is 54.1 Å². The number of sulfonamides is 1. The third kappa shape index (κ3) is 7.75. The first kappa shape index (κ1) is 32.8. The summed E-state index contributed by atoms with van der Waals surface area (Å²) in [6, 6.07) is 3.40. The van der Waals surface area contributed by atoms with Crippen LogP contribution in [0.5, 0.6) is 11.5 Å². The van der Waals surface area contributed by atoms with Crippen molar-refractivity contribution < 1.29 is 46.2 Å². The number of amides is 1. The summed E-state index contributed by atoms with van der Waals surface area (Å²) in [5.41, 5.74) is 6.01. The van der Waals surface area contributed by atoms with Crippen molar-refractivity contribution in [3.63, 3.8) is 0 Å². The van der Waals surface area contributed by atoms with Gasteiger partial charge in [0, 0.05) is 25.1 Å². The number of carbonyl (C=O) groups is 2. The van der Waals surface area contributed by atoms with Gasteiger partial charge in [-0.1, -0.05) is 13.8 Å². The molecule has 1 aliphatic carbocycles. The molecule has 14 heteroatoms. The van der Waals surface area contributed by atoms with Gasteiger partial charge >= 0.3 is 0 Å². The predicted octanol–water partition coefficient (Wildman–Crippen LogP) is 4.96. The number of unbranched alkanes of at least 4 members (excludes halogenated alkanes) is 1. The number of ketones is 1. The highest BCUT2D eigenvalue weighted by atomic mass is 32.2. The van der Waals surface area contributed by atoms with Crippen LogP contribution in [0.15, 0.2) is 57.6 Å². The molecule has 0 spiro atoms. The van der Waals surface area contributed by atoms with Gasteiger partial charge in [0.25, 0.3) is 15.9 Å². The van der Waals surface area contributed by atoms with Crippen molar-refractivity contribution in [3.05, 3.63) is 65.2 Å². The van der Waals surface area contributed by atoms with Gasteiger partial charge in [-0.15, -0.1) is 4.47 Å². The highest BCUT2D eigenvalue weighted by Crippen LogP contribution is 2.36. The molecule has 4 N–H and O–H groups in total. The van der Waals surface area contributed by atoms with E-state index in [2.05, 4.69) is 4.99 Å². The number of hydrogen-bond donors (Lipinski definition) is 3. The highest BCUT2D eigenvalue weighted by molar-refractivity contribution is 7.89. The molecular formula is C28H32F3N3O7S. The zero-order valence-electron chi connectivity index (χ0n) is 23.2. The van der Waals surface area contributed by atoms with Gasteiger partial charge in [-0.3, -0.25) is 19.8 Å². The van der Waals surface area contributed by atoms with Crippen molar-refractivity contribution in [1.29, 1.82) is 0 Å². The fourth-order valence-corrected chi connectivity index (χ4v) is 5.46. The number of ether oxygens (including phenoxy) is 1. The van der Waals surface area contributed by atoms with E-state index in [0.717, 1.165) is 24.3 Å². The van der Waals surface area contributed by atoms with E-state index in [1.165, 1.54) is 0 Å². The summed E-state index contributed by atoms with van der Waals surface area (Å²) in [7, 11) is -5.11. The summed E-state index contributed by atoms with van der Waals surface area (Å²) in [4.78, 5) is 28.1. The number of benzene rings is 2. The molecule has 0 unspecified atom stereocenters. The minimum atomic E-state index is -5.11. The van der Waals surface area contributed by atoms with Gasteiger partial charge in [0.15, 0.2) is 23.2 Å². The summed E-state index contributed by atoms with van der Waals surface area (Å²) in [5.74, 6) is -6.27. The van der Waals surface area contributed by atoms with Gasteiger partial charge < -0.3 is 15.6 Å². The van der Waals surface area contributed by atoms with Gasteiger partial charge in [0.2, 0.25) is 0 Å². The number of Topliss-reactive ketones (excluding diaryl/α,β-unsaturated/α-hetero) is 1. The molecule has 0 saturated heterocycles. The van der Waals surface area contributed by atoms with Crippen LogP contribution in [-0.4, -0.2) is 53.2 Å². The molecule has 0 fully saturated rings. The Morgan fingerprint density at radius 1 is 1.12 bits per heavy atom. The summed E-state index contributed by atoms with van der Waals surface area (Å²) in [5, 5.41) is 20.4. The number of aliphatic hydroxyl groups excluding tert-OH is 1. The maximum atomic E-state index is 14.6. The first-order valence-electron chi connectivity index (χ1n) is 13.0. The van der Waals surface area contributed by atoms with Crippen molar-refractivity contribution in [2.75, 3.05) is 6.54 Å². The van der Waals surface area contributed by atoms with Crippen LogP contribution in [0.3, 0.4) is 0 Å². The molecule has 0 heterocycles. The number of nitrogens with two attached hydrogens (primary N) is 1. The fraction of sp³-hybridized carbons (Fsp3) is 0.393. The van der Waals surface area contributed by atoms with Crippen molar-refractivity contribution in [3.8, 4) is 11.5 Å². The molecule has 0 bridgehead atoms. The summed E-state index contributed by atoms with van der Waals surface area (Å²) >= 11 is 0. The van der Waals surface area contributed by atoms with Crippen molar-refractivity contribution >= 4 is 27.4 Å². The van der Waals surface area contributed by atoms with E-state index in [9.17, 15) is 41.5 Å². The maximum Gasteiger partial charge on any atom is 0.289 e. The molecule has 1 atom stereocenters. The fourth-order valence-electron chi connectivity index (χ4n) is 4.39. The first-order chi connectivity index (χ1) is 19.5. The van der Waals surface area contributed by atoms with Crippen LogP contribution in [0.4, 0.5) is 13.2 Å². The molecule has 2 aromatic rings. The number of hydroxylamine groups is 1. The molecule has 228 valence electrons. The number of aliphatic hydroxyl groups is 1. The largest absolute Gasteiger partial charge is 0.511 e. The Hall–Kier alpha value is -3.75. The van der Waals surface area contributed by atoms with Gasteiger partial charge in [-0.25, -0.2) is 13.2 Å². The van der Waals surface area contributed by atoms with Crippen LogP contribution in [0.2, 0.25) is 0 Å². The Bertz CT molecular complexity index is 1500. The van der Waals surface area contributed by atoms with E-state index in [0.29, 0.717) is 30.7 Å². The molecule has 42 heavy (non-hydrogen) atoms. The van der Waals surface area contributed by atoms with Gasteiger partial charge in [0.05, 0.1) is 16.5 Å². The zero-order valence-corrected chi connectivity index (χ0v) is 24.1. The number of nitrogens with zero attached hydrogens (tertiary/aromatic N) is 2. The van der Waals surface area contributed by atoms with E-state index in [1.54, 1.807) is 6.92 Å². The van der Waals surface area contributed by atoms with Crippen molar-refractivity contribution in [1.82, 2.24) is 4.47 Å². The lowest BCUT2D eigenvalue weighted by Gasteiger charge is -2.29. The normalized spacial score (nSPS) is 16.4. The van der Waals surface area contributed by atoms with Crippen LogP contribution in [-0.2, 0) is 19.6 Å². The maximum absolute atomic E-state index is 14.6. The molecule has 0 saturated carbocycles. The highest BCUT2D eigenvalue weighted by Gasteiger charge is 2.35. The van der Waals surface area contributed by atoms with Crippen LogP contribution in [0.25, 0.3) is 0 Å². The molecule has 1 amide bonds. The van der Waals surface area contributed by atoms with Gasteiger partial charge in [-0.2, -0.15) is 8.42 Å². The smallest absolute Gasteiger partial charge is 0.289 e. The monoisotopic (exact) mass is 611 g/mol. The number of halogens is 3. The molecule has 0 aliphatic heterocycles. The molecule has 0 aromatic heterocycles. The van der Waals surface area contributed by atoms with Crippen LogP contribution < -0.4 is 10.5 Å². The molecular weight excluding hydrogens is 579 g/mol. The molecule has 10 nitrogen and oxygen atoms in total. The average molecular weight is 612 g/mol. The van der Waals surface area contributed by atoms with Gasteiger partial charge in [-0.05, 0) is 68.0 Å². The topological polar surface area (TPSA) is 160 Å². The minimum absolute atomic E-state index is 0.0100. The van der Waals surface area contributed by atoms with Crippen LogP contribution in [0, 0.1) is 22.9 Å². The standard InChI is InChI=1S/C28H32F3N3O7S/c1-16(25-23(35)14-28(2,3)15-24(25)36)33-11-5-4-6-22(32)27(37)34(38)42(39,40)19-12-20(30)26(21(31)13-19)41-18-9-7-17(29)8-10-18/h7-10,12-13,22,35,38H,4-6,11,14-15,32H2,1-3H3/t22-/m1/s1. The third-order valence-corrected chi connectivity index (χ3v) is 7.99. The second-order valence-electron chi connectivity index (χ2n) is 10.7. The number of hydrogen-bond acceptors (Lipinski definition) is 9. The molecule has 3 rings (SSSR count). The van der Waals surface area contributed by atoms with E-state index in [4.69, 9.17) is 10.5 Å². The number of aliphatic imine (C=N–C) groups is 1. The Balaban J connectivity index is 1.59. The average Bonchev–Trinajstić information content (AvgIpc) is 2.89. The number of carbonyl (C=O) groups excluding carboxylic acids is 2. The van der Waals surface area contributed by atoms with E-state index < -0.39 is 54.5 Å². The van der Waals surface area contributed by atoms with Crippen molar-refractivity contribution in [2.24, 2.45) is 16.1 Å².